The van der Waals surface area contributed by atoms with E-state index < -0.39 is 29.2 Å². The van der Waals surface area contributed by atoms with Crippen LogP contribution in [0.4, 0.5) is 0 Å². The fraction of sp³-hybridized carbons (Fsp3) is 0.500. The van der Waals surface area contributed by atoms with Gasteiger partial charge in [-0.1, -0.05) is 58.4 Å². The average Bonchev–Trinajstić information content (AvgIpc) is 2.53. The van der Waals surface area contributed by atoms with Crippen LogP contribution in [0, 0.1) is 17.3 Å². The van der Waals surface area contributed by atoms with Crippen LogP contribution in [0.15, 0.2) is 30.3 Å². The molecule has 0 saturated carbocycles. The van der Waals surface area contributed by atoms with Crippen LogP contribution in [0.25, 0.3) is 6.08 Å². The maximum absolute atomic E-state index is 11.7. The summed E-state index contributed by atoms with van der Waals surface area (Å²) in [7, 11) is 0. The molecule has 1 rings (SSSR count). The second kappa shape index (κ2) is 9.25. The smallest absolute Gasteiger partial charge is 0.321 e. The maximum atomic E-state index is 11.7. The lowest BCUT2D eigenvalue weighted by atomic mass is 9.68. The van der Waals surface area contributed by atoms with Crippen molar-refractivity contribution in [2.75, 3.05) is 6.61 Å². The van der Waals surface area contributed by atoms with Crippen molar-refractivity contribution < 1.29 is 24.5 Å². The lowest BCUT2D eigenvalue weighted by Gasteiger charge is -2.33. The molecule has 0 aliphatic heterocycles. The van der Waals surface area contributed by atoms with Crippen LogP contribution in [0.5, 0.6) is 5.75 Å². The number of ether oxygens (including phenoxy) is 1. The van der Waals surface area contributed by atoms with Crippen molar-refractivity contribution in [3.05, 3.63) is 35.9 Å². The Labute approximate surface area is 149 Å². The lowest BCUT2D eigenvalue weighted by molar-refractivity contribution is -0.171. The summed E-state index contributed by atoms with van der Waals surface area (Å²) in [5.74, 6) is -3.05. The van der Waals surface area contributed by atoms with E-state index >= 15 is 0 Å². The second-order valence-corrected chi connectivity index (χ2v) is 6.55. The molecule has 0 saturated heterocycles. The highest BCUT2D eigenvalue weighted by Crippen LogP contribution is 2.38. The Morgan fingerprint density at radius 3 is 2.12 bits per heavy atom. The van der Waals surface area contributed by atoms with Crippen LogP contribution in [0.1, 0.15) is 46.1 Å². The van der Waals surface area contributed by atoms with Crippen LogP contribution in [0.3, 0.4) is 0 Å². The monoisotopic (exact) mass is 348 g/mol. The van der Waals surface area contributed by atoms with Crippen LogP contribution in [0.2, 0.25) is 0 Å². The van der Waals surface area contributed by atoms with Crippen molar-refractivity contribution in [3.8, 4) is 5.75 Å². The van der Waals surface area contributed by atoms with Gasteiger partial charge in [-0.3, -0.25) is 9.59 Å². The normalized spacial score (nSPS) is 13.2. The molecular formula is C20H28O5. The van der Waals surface area contributed by atoms with Gasteiger partial charge in [0, 0.05) is 5.92 Å². The number of carboxylic acid groups (broad SMARTS) is 2. The van der Waals surface area contributed by atoms with Crippen molar-refractivity contribution in [1.82, 2.24) is 0 Å². The summed E-state index contributed by atoms with van der Waals surface area (Å²) in [5, 5.41) is 19.1. The predicted molar refractivity (Wildman–Crippen MR) is 97.6 cm³/mol. The minimum Gasteiger partial charge on any atom is -0.494 e. The molecule has 1 aromatic rings. The first-order valence-corrected chi connectivity index (χ1v) is 8.64. The Bertz CT molecular complexity index is 587. The molecule has 5 heteroatoms. The van der Waals surface area contributed by atoms with E-state index in [1.54, 1.807) is 32.9 Å². The van der Waals surface area contributed by atoms with Gasteiger partial charge in [-0.05, 0) is 30.0 Å². The molecule has 0 bridgehead atoms. The van der Waals surface area contributed by atoms with Gasteiger partial charge in [0.05, 0.1) is 6.61 Å². The zero-order valence-corrected chi connectivity index (χ0v) is 15.4. The van der Waals surface area contributed by atoms with Gasteiger partial charge >= 0.3 is 11.9 Å². The molecular weight excluding hydrogens is 320 g/mol. The molecule has 5 nitrogen and oxygen atoms in total. The highest BCUT2D eigenvalue weighted by atomic mass is 16.5. The Kier molecular flexibility index (Phi) is 7.68. The van der Waals surface area contributed by atoms with E-state index in [-0.39, 0.29) is 0 Å². The summed E-state index contributed by atoms with van der Waals surface area (Å²) in [6.45, 7) is 7.64. The van der Waals surface area contributed by atoms with Gasteiger partial charge in [0.15, 0.2) is 5.41 Å². The van der Waals surface area contributed by atoms with E-state index in [0.29, 0.717) is 6.61 Å². The molecule has 1 atom stereocenters. The predicted octanol–water partition coefficient (Wildman–Crippen LogP) is 4.33. The van der Waals surface area contributed by atoms with Gasteiger partial charge in [-0.2, -0.15) is 0 Å². The van der Waals surface area contributed by atoms with E-state index in [1.165, 1.54) is 0 Å². The molecule has 25 heavy (non-hydrogen) atoms. The fourth-order valence-electron chi connectivity index (χ4n) is 2.92. The van der Waals surface area contributed by atoms with Crippen LogP contribution < -0.4 is 4.74 Å². The van der Waals surface area contributed by atoms with Gasteiger partial charge in [0.1, 0.15) is 5.75 Å². The van der Waals surface area contributed by atoms with Gasteiger partial charge in [-0.25, -0.2) is 0 Å². The minimum absolute atomic E-state index is 0.545. The Hall–Kier alpha value is -2.30. The van der Waals surface area contributed by atoms with Crippen molar-refractivity contribution in [1.29, 1.82) is 0 Å². The van der Waals surface area contributed by atoms with Crippen LogP contribution in [-0.4, -0.2) is 28.8 Å². The standard InChI is InChI=1S/C20H28O5/c1-5-6-13-25-17-11-9-16(10-12-17)8-7-15(4)20(14(2)3,18(21)22)19(23)24/h7-12,14-15H,5-6,13H2,1-4H3,(H,21,22)(H,23,24). The molecule has 0 heterocycles. The number of hydrogen-bond donors (Lipinski definition) is 2. The SMILES string of the molecule is CCCCOc1ccc(C=CC(C)C(C(=O)O)(C(=O)O)C(C)C)cc1. The number of hydrogen-bond acceptors (Lipinski definition) is 3. The highest BCUT2D eigenvalue weighted by molar-refractivity contribution is 5.99. The van der Waals surface area contributed by atoms with Crippen molar-refractivity contribution in [3.63, 3.8) is 0 Å². The summed E-state index contributed by atoms with van der Waals surface area (Å²) in [6.07, 6.45) is 5.48. The van der Waals surface area contributed by atoms with Gasteiger partial charge in [0.25, 0.3) is 0 Å². The lowest BCUT2D eigenvalue weighted by Crippen LogP contribution is -2.48. The fourth-order valence-corrected chi connectivity index (χ4v) is 2.92. The van der Waals surface area contributed by atoms with E-state index in [4.69, 9.17) is 4.74 Å². The van der Waals surface area contributed by atoms with E-state index in [0.717, 1.165) is 24.2 Å². The van der Waals surface area contributed by atoms with E-state index in [1.807, 2.05) is 24.3 Å². The van der Waals surface area contributed by atoms with E-state index in [9.17, 15) is 19.8 Å². The third-order valence-electron chi connectivity index (χ3n) is 4.56. The number of allylic oxidation sites excluding steroid dienone is 1. The third-order valence-corrected chi connectivity index (χ3v) is 4.56. The molecule has 0 amide bonds. The quantitative estimate of drug-likeness (QED) is 0.486. The van der Waals surface area contributed by atoms with Gasteiger partial charge in [-0.15, -0.1) is 0 Å². The third kappa shape index (κ3) is 4.84. The first-order valence-electron chi connectivity index (χ1n) is 8.64. The van der Waals surface area contributed by atoms with Crippen LogP contribution >= 0.6 is 0 Å². The largest absolute Gasteiger partial charge is 0.494 e. The average molecular weight is 348 g/mol. The number of unbranched alkanes of at least 4 members (excludes halogenated alkanes) is 1. The van der Waals surface area contributed by atoms with Crippen molar-refractivity contribution in [2.45, 2.75) is 40.5 Å². The summed E-state index contributed by atoms with van der Waals surface area (Å²) >= 11 is 0. The van der Waals surface area contributed by atoms with Gasteiger partial charge in [0.2, 0.25) is 0 Å². The molecule has 138 valence electrons. The molecule has 2 N–H and O–H groups in total. The Balaban J connectivity index is 2.91. The first kappa shape index (κ1) is 20.7. The Morgan fingerprint density at radius 1 is 1.12 bits per heavy atom. The number of carbonyl (C=O) groups is 2. The number of carboxylic acids is 2. The summed E-state index contributed by atoms with van der Waals surface area (Å²) in [6, 6.07) is 7.43. The molecule has 0 fully saturated rings. The zero-order valence-electron chi connectivity index (χ0n) is 15.4. The Morgan fingerprint density at radius 2 is 1.68 bits per heavy atom. The topological polar surface area (TPSA) is 83.8 Å². The zero-order chi connectivity index (χ0) is 19.0. The van der Waals surface area contributed by atoms with E-state index in [2.05, 4.69) is 6.92 Å². The van der Waals surface area contributed by atoms with Crippen molar-refractivity contribution in [2.24, 2.45) is 17.3 Å². The number of aliphatic carboxylic acids is 2. The first-order chi connectivity index (χ1) is 11.8. The summed E-state index contributed by atoms with van der Waals surface area (Å²) in [4.78, 5) is 23.4. The summed E-state index contributed by atoms with van der Waals surface area (Å²) < 4.78 is 5.60. The molecule has 0 spiro atoms. The van der Waals surface area contributed by atoms with Crippen LogP contribution in [-0.2, 0) is 9.59 Å². The molecule has 0 aromatic heterocycles. The molecule has 1 unspecified atom stereocenters. The highest BCUT2D eigenvalue weighted by Gasteiger charge is 2.52. The second-order valence-electron chi connectivity index (χ2n) is 6.55. The molecule has 0 radical (unpaired) electrons. The molecule has 0 aliphatic rings. The molecule has 0 aliphatic carbocycles. The maximum Gasteiger partial charge on any atom is 0.321 e. The number of rotatable bonds is 10. The van der Waals surface area contributed by atoms with Crippen molar-refractivity contribution >= 4 is 18.0 Å². The summed E-state index contributed by atoms with van der Waals surface area (Å²) in [5.41, 5.74) is -0.984. The molecule has 1 aromatic carbocycles. The minimum atomic E-state index is -1.85. The van der Waals surface area contributed by atoms with Gasteiger partial charge < -0.3 is 14.9 Å². The number of benzene rings is 1.